The van der Waals surface area contributed by atoms with Gasteiger partial charge in [-0.25, -0.2) is 0 Å². The van der Waals surface area contributed by atoms with Crippen LogP contribution in [-0.4, -0.2) is 9.78 Å². The molecule has 0 amide bonds. The van der Waals surface area contributed by atoms with E-state index in [0.29, 0.717) is 0 Å². The van der Waals surface area contributed by atoms with Gasteiger partial charge >= 0.3 is 0 Å². The van der Waals surface area contributed by atoms with Crippen LogP contribution in [0.4, 0.5) is 5.82 Å². The van der Waals surface area contributed by atoms with Crippen molar-refractivity contribution in [2.75, 3.05) is 5.73 Å². The molecule has 2 aromatic heterocycles. The fourth-order valence-corrected chi connectivity index (χ4v) is 2.88. The number of nitrogen functional groups attached to an aromatic ring is 1. The number of halogens is 1. The van der Waals surface area contributed by atoms with E-state index in [2.05, 4.69) is 12.0 Å². The average Bonchev–Trinajstić information content (AvgIpc) is 2.77. The van der Waals surface area contributed by atoms with E-state index < -0.39 is 0 Å². The summed E-state index contributed by atoms with van der Waals surface area (Å²) in [5.74, 6) is 0.737. The second-order valence-electron chi connectivity index (χ2n) is 3.68. The van der Waals surface area contributed by atoms with E-state index in [1.807, 2.05) is 18.5 Å². The highest BCUT2D eigenvalue weighted by Gasteiger charge is 2.17. The highest BCUT2D eigenvalue weighted by Crippen LogP contribution is 2.36. The largest absolute Gasteiger partial charge is 0.384 e. The third kappa shape index (κ3) is 1.83. The van der Waals surface area contributed by atoms with E-state index in [0.717, 1.165) is 39.8 Å². The number of aromatic nitrogens is 2. The van der Waals surface area contributed by atoms with E-state index in [4.69, 9.17) is 17.3 Å². The molecule has 0 fully saturated rings. The van der Waals surface area contributed by atoms with Crippen molar-refractivity contribution < 1.29 is 0 Å². The van der Waals surface area contributed by atoms with Gasteiger partial charge in [0.1, 0.15) is 11.5 Å². The molecule has 3 nitrogen and oxygen atoms in total. The third-order valence-electron chi connectivity index (χ3n) is 2.53. The number of nitrogens with two attached hydrogens (primary N) is 1. The summed E-state index contributed by atoms with van der Waals surface area (Å²) in [6.07, 6.45) is 1.98. The third-order valence-corrected chi connectivity index (χ3v) is 3.87. The Morgan fingerprint density at radius 2 is 2.31 bits per heavy atom. The molecule has 5 heteroatoms. The molecule has 0 bridgehead atoms. The summed E-state index contributed by atoms with van der Waals surface area (Å²) in [6.45, 7) is 2.13. The number of thiophene rings is 1. The van der Waals surface area contributed by atoms with Crippen molar-refractivity contribution in [1.82, 2.24) is 9.78 Å². The molecule has 0 saturated carbocycles. The van der Waals surface area contributed by atoms with Crippen LogP contribution in [0.25, 0.3) is 10.6 Å². The Labute approximate surface area is 104 Å². The summed E-state index contributed by atoms with van der Waals surface area (Å²) in [5, 5.41) is 7.17. The summed E-state index contributed by atoms with van der Waals surface area (Å²) in [6, 6.07) is 1.89. The first-order valence-corrected chi connectivity index (χ1v) is 6.45. The second-order valence-corrected chi connectivity index (χ2v) is 5.01. The molecule has 2 heterocycles. The molecule has 2 N–H and O–H groups in total. The van der Waals surface area contributed by atoms with Gasteiger partial charge in [0, 0.05) is 12.6 Å². The molecule has 0 aromatic carbocycles. The van der Waals surface area contributed by atoms with Gasteiger partial charge in [0.15, 0.2) is 0 Å². The zero-order valence-electron chi connectivity index (χ0n) is 9.33. The van der Waals surface area contributed by atoms with E-state index in [1.54, 1.807) is 16.0 Å². The minimum atomic E-state index is 0.737. The van der Waals surface area contributed by atoms with Crippen molar-refractivity contribution in [2.45, 2.75) is 19.8 Å². The molecule has 2 rings (SSSR count). The number of hydrogen-bond acceptors (Lipinski definition) is 3. The Kier molecular flexibility index (Phi) is 3.21. The Hall–Kier alpha value is -1.00. The van der Waals surface area contributed by atoms with Crippen LogP contribution in [0.15, 0.2) is 11.4 Å². The van der Waals surface area contributed by atoms with Gasteiger partial charge in [0.25, 0.3) is 0 Å². The van der Waals surface area contributed by atoms with Gasteiger partial charge in [0.05, 0.1) is 9.90 Å². The SMILES string of the molecule is CCCc1c(-c2sccc2Cl)nn(C)c1N. The summed E-state index contributed by atoms with van der Waals surface area (Å²) in [7, 11) is 1.86. The first-order chi connectivity index (χ1) is 7.65. The molecule has 0 unspecified atom stereocenters. The van der Waals surface area contributed by atoms with Crippen molar-refractivity contribution in [2.24, 2.45) is 7.05 Å². The van der Waals surface area contributed by atoms with Crippen LogP contribution in [0.1, 0.15) is 18.9 Å². The average molecular weight is 256 g/mol. The Balaban J connectivity index is 2.56. The van der Waals surface area contributed by atoms with Crippen LogP contribution in [0.3, 0.4) is 0 Å². The summed E-state index contributed by atoms with van der Waals surface area (Å²) < 4.78 is 1.72. The summed E-state index contributed by atoms with van der Waals surface area (Å²) >= 11 is 7.73. The molecule has 16 heavy (non-hydrogen) atoms. The first-order valence-electron chi connectivity index (χ1n) is 5.19. The number of rotatable bonds is 3. The zero-order valence-corrected chi connectivity index (χ0v) is 10.9. The van der Waals surface area contributed by atoms with Crippen molar-refractivity contribution in [1.29, 1.82) is 0 Å². The van der Waals surface area contributed by atoms with Gasteiger partial charge in [-0.15, -0.1) is 11.3 Å². The summed E-state index contributed by atoms with van der Waals surface area (Å²) in [5.41, 5.74) is 8.05. The number of aryl methyl sites for hydroxylation is 1. The highest BCUT2D eigenvalue weighted by atomic mass is 35.5. The molecule has 2 aromatic rings. The molecule has 0 atom stereocenters. The molecule has 0 aliphatic carbocycles. The number of hydrogen-bond donors (Lipinski definition) is 1. The highest BCUT2D eigenvalue weighted by molar-refractivity contribution is 7.14. The predicted octanol–water partition coefficient (Wildman–Crippen LogP) is 3.34. The van der Waals surface area contributed by atoms with Gasteiger partial charge in [-0.1, -0.05) is 24.9 Å². The van der Waals surface area contributed by atoms with Gasteiger partial charge in [-0.3, -0.25) is 4.68 Å². The van der Waals surface area contributed by atoms with Crippen molar-refractivity contribution in [3.05, 3.63) is 22.0 Å². The minimum absolute atomic E-state index is 0.737. The van der Waals surface area contributed by atoms with Crippen LogP contribution >= 0.6 is 22.9 Å². The molecule has 0 aliphatic rings. The van der Waals surface area contributed by atoms with Gasteiger partial charge in [-0.2, -0.15) is 5.10 Å². The maximum Gasteiger partial charge on any atom is 0.125 e. The summed E-state index contributed by atoms with van der Waals surface area (Å²) in [4.78, 5) is 1.01. The molecule has 0 aliphatic heterocycles. The van der Waals surface area contributed by atoms with E-state index in [1.165, 1.54) is 0 Å². The Morgan fingerprint density at radius 3 is 2.88 bits per heavy atom. The molecule has 0 saturated heterocycles. The van der Waals surface area contributed by atoms with E-state index in [9.17, 15) is 0 Å². The van der Waals surface area contributed by atoms with Crippen molar-refractivity contribution in [3.63, 3.8) is 0 Å². The van der Waals surface area contributed by atoms with Crippen molar-refractivity contribution >= 4 is 28.8 Å². The molecule has 0 radical (unpaired) electrons. The molecule has 86 valence electrons. The Morgan fingerprint density at radius 1 is 1.56 bits per heavy atom. The topological polar surface area (TPSA) is 43.8 Å². The quantitative estimate of drug-likeness (QED) is 0.914. The van der Waals surface area contributed by atoms with Crippen LogP contribution < -0.4 is 5.73 Å². The molecular weight excluding hydrogens is 242 g/mol. The lowest BCUT2D eigenvalue weighted by atomic mass is 10.1. The first kappa shape index (κ1) is 11.5. The minimum Gasteiger partial charge on any atom is -0.384 e. The lowest BCUT2D eigenvalue weighted by Gasteiger charge is -2.00. The van der Waals surface area contributed by atoms with Gasteiger partial charge in [-0.05, 0) is 17.9 Å². The lowest BCUT2D eigenvalue weighted by molar-refractivity contribution is 0.781. The fourth-order valence-electron chi connectivity index (χ4n) is 1.72. The smallest absolute Gasteiger partial charge is 0.125 e. The Bertz CT molecular complexity index is 501. The fraction of sp³-hybridized carbons (Fsp3) is 0.364. The normalized spacial score (nSPS) is 10.9. The predicted molar refractivity (Wildman–Crippen MR) is 69.9 cm³/mol. The van der Waals surface area contributed by atoms with Crippen LogP contribution in [0.2, 0.25) is 5.02 Å². The molecule has 0 spiro atoms. The number of anilines is 1. The van der Waals surface area contributed by atoms with E-state index in [-0.39, 0.29) is 0 Å². The maximum atomic E-state index is 6.13. The van der Waals surface area contributed by atoms with Crippen LogP contribution in [0, 0.1) is 0 Å². The zero-order chi connectivity index (χ0) is 11.7. The molecular formula is C11H14ClN3S. The number of nitrogens with zero attached hydrogens (tertiary/aromatic N) is 2. The second kappa shape index (κ2) is 4.47. The lowest BCUT2D eigenvalue weighted by Crippen LogP contribution is -1.99. The van der Waals surface area contributed by atoms with E-state index >= 15 is 0 Å². The standard InChI is InChI=1S/C11H14ClN3S/c1-3-4-7-9(14-15(2)11(7)13)10-8(12)5-6-16-10/h5-6H,3-4,13H2,1-2H3. The van der Waals surface area contributed by atoms with Crippen LogP contribution in [-0.2, 0) is 13.5 Å². The van der Waals surface area contributed by atoms with Gasteiger partial charge in [0.2, 0.25) is 0 Å². The van der Waals surface area contributed by atoms with Crippen molar-refractivity contribution in [3.8, 4) is 10.6 Å². The van der Waals surface area contributed by atoms with Crippen LogP contribution in [0.5, 0.6) is 0 Å². The monoisotopic (exact) mass is 255 g/mol. The maximum absolute atomic E-state index is 6.13. The van der Waals surface area contributed by atoms with Gasteiger partial charge < -0.3 is 5.73 Å².